The van der Waals surface area contributed by atoms with Crippen LogP contribution in [0.4, 0.5) is 28.4 Å². The fourth-order valence-electron chi connectivity index (χ4n) is 4.24. The number of halogens is 3. The first-order valence-corrected chi connectivity index (χ1v) is 13.3. The molecule has 0 radical (unpaired) electrons. The summed E-state index contributed by atoms with van der Waals surface area (Å²) >= 11 is 1.54. The minimum absolute atomic E-state index is 0.333. The lowest BCUT2D eigenvalue weighted by Gasteiger charge is -2.29. The number of ether oxygens (including phenoxy) is 1. The zero-order chi connectivity index (χ0) is 28.7. The number of rotatable bonds is 4. The van der Waals surface area contributed by atoms with Gasteiger partial charge in [-0.3, -0.25) is 4.40 Å². The number of urea groups is 1. The Hall–Kier alpha value is -4.13. The third kappa shape index (κ3) is 6.36. The van der Waals surface area contributed by atoms with Crippen LogP contribution < -0.4 is 10.6 Å². The number of hydrogen-bond donors (Lipinski definition) is 2. The number of carbonyl (C=O) groups excluding carboxylic acids is 2. The number of thiazole rings is 1. The van der Waals surface area contributed by atoms with E-state index in [2.05, 4.69) is 10.3 Å². The predicted octanol–water partition coefficient (Wildman–Crippen LogP) is 6.10. The number of benzene rings is 1. The quantitative estimate of drug-likeness (QED) is 0.308. The molecule has 0 bridgehead atoms. The number of aromatic nitrogens is 3. The van der Waals surface area contributed by atoms with Crippen molar-refractivity contribution in [2.75, 3.05) is 18.4 Å². The van der Waals surface area contributed by atoms with Crippen LogP contribution in [-0.4, -0.2) is 56.3 Å². The van der Waals surface area contributed by atoms with Gasteiger partial charge in [-0.1, -0.05) is 12.1 Å². The fourth-order valence-corrected chi connectivity index (χ4v) is 5.36. The third-order valence-corrected chi connectivity index (χ3v) is 7.14. The van der Waals surface area contributed by atoms with Gasteiger partial charge in [0.15, 0.2) is 0 Å². The summed E-state index contributed by atoms with van der Waals surface area (Å²) in [5, 5.41) is 5.04. The molecule has 0 aliphatic carbocycles. The second-order valence-corrected chi connectivity index (χ2v) is 11.4. The summed E-state index contributed by atoms with van der Waals surface area (Å²) in [6, 6.07) is 9.68. The SMILES string of the molecule is CC(C)(C)OC(=O)N1CCc2nc(-c3ccn4c(-c5cccc(NC(=O)NCC(F)(F)F)c5)cnc4c3)sc2C1. The molecule has 0 saturated heterocycles. The van der Waals surface area contributed by atoms with E-state index in [0.717, 1.165) is 32.4 Å². The lowest BCUT2D eigenvalue weighted by molar-refractivity contribution is -0.122. The van der Waals surface area contributed by atoms with Crippen molar-refractivity contribution in [1.29, 1.82) is 0 Å². The van der Waals surface area contributed by atoms with Crippen molar-refractivity contribution in [3.8, 4) is 21.8 Å². The maximum absolute atomic E-state index is 12.5. The first kappa shape index (κ1) is 27.4. The number of fused-ring (bicyclic) bond motifs is 2. The molecule has 9 nitrogen and oxygen atoms in total. The Morgan fingerprint density at radius 2 is 1.93 bits per heavy atom. The molecule has 0 atom stereocenters. The van der Waals surface area contributed by atoms with E-state index >= 15 is 0 Å². The van der Waals surface area contributed by atoms with Gasteiger partial charge in [0, 0.05) is 40.9 Å². The van der Waals surface area contributed by atoms with Gasteiger partial charge in [0.25, 0.3) is 0 Å². The van der Waals surface area contributed by atoms with Crippen LogP contribution in [0.3, 0.4) is 0 Å². The molecule has 2 N–H and O–H groups in total. The standard InChI is InChI=1S/C27H27F3N6O3S/c1-26(2,3)39-25(38)35-9-8-19-21(14-35)40-23(34-19)17-7-10-36-20(13-31-22(36)12-17)16-5-4-6-18(11-16)33-24(37)32-15-27(28,29)30/h4-7,10-13H,8-9,14-15H2,1-3H3,(H2,32,33,37). The van der Waals surface area contributed by atoms with E-state index in [0.29, 0.717) is 30.8 Å². The fraction of sp³-hybridized carbons (Fsp3) is 0.333. The van der Waals surface area contributed by atoms with E-state index in [1.807, 2.05) is 49.6 Å². The molecule has 0 unspecified atom stereocenters. The van der Waals surface area contributed by atoms with E-state index in [1.54, 1.807) is 34.6 Å². The van der Waals surface area contributed by atoms with Crippen molar-refractivity contribution < 1.29 is 27.5 Å². The summed E-state index contributed by atoms with van der Waals surface area (Å²) in [5.41, 5.74) is 3.80. The molecule has 0 spiro atoms. The van der Waals surface area contributed by atoms with Crippen LogP contribution in [0.2, 0.25) is 0 Å². The molecule has 4 aromatic rings. The Morgan fingerprint density at radius 1 is 1.12 bits per heavy atom. The van der Waals surface area contributed by atoms with Gasteiger partial charge in [0.2, 0.25) is 0 Å². The molecule has 0 saturated carbocycles. The van der Waals surface area contributed by atoms with E-state index in [-0.39, 0.29) is 6.09 Å². The van der Waals surface area contributed by atoms with E-state index in [1.165, 1.54) is 11.3 Å². The molecule has 1 aliphatic heterocycles. The summed E-state index contributed by atoms with van der Waals surface area (Å²) in [7, 11) is 0. The van der Waals surface area contributed by atoms with Crippen LogP contribution >= 0.6 is 11.3 Å². The van der Waals surface area contributed by atoms with Crippen LogP contribution in [-0.2, 0) is 17.7 Å². The largest absolute Gasteiger partial charge is 0.444 e. The molecular formula is C27H27F3N6O3S. The van der Waals surface area contributed by atoms with Gasteiger partial charge in [0.05, 0.1) is 24.1 Å². The van der Waals surface area contributed by atoms with E-state index < -0.39 is 24.4 Å². The van der Waals surface area contributed by atoms with Crippen LogP contribution in [0.25, 0.3) is 27.5 Å². The maximum atomic E-state index is 12.5. The smallest absolute Gasteiger partial charge is 0.410 e. The highest BCUT2D eigenvalue weighted by atomic mass is 32.1. The molecule has 3 aromatic heterocycles. The summed E-state index contributed by atoms with van der Waals surface area (Å²) in [6.07, 6.45) is -0.614. The van der Waals surface area contributed by atoms with Gasteiger partial charge in [-0.25, -0.2) is 19.6 Å². The topological polar surface area (TPSA) is 101 Å². The van der Waals surface area contributed by atoms with E-state index in [9.17, 15) is 22.8 Å². The highest BCUT2D eigenvalue weighted by molar-refractivity contribution is 7.15. The molecule has 4 heterocycles. The number of pyridine rings is 1. The van der Waals surface area contributed by atoms with Crippen molar-refractivity contribution in [3.63, 3.8) is 0 Å². The van der Waals surface area contributed by atoms with Gasteiger partial charge >= 0.3 is 18.3 Å². The van der Waals surface area contributed by atoms with Crippen LogP contribution in [0.5, 0.6) is 0 Å². The first-order chi connectivity index (χ1) is 18.8. The van der Waals surface area contributed by atoms with Crippen LogP contribution in [0.1, 0.15) is 31.3 Å². The maximum Gasteiger partial charge on any atom is 0.410 e. The van der Waals surface area contributed by atoms with Gasteiger partial charge in [0.1, 0.15) is 22.8 Å². The zero-order valence-corrected chi connectivity index (χ0v) is 22.8. The summed E-state index contributed by atoms with van der Waals surface area (Å²) in [6.45, 7) is 5.12. The number of amides is 3. The van der Waals surface area contributed by atoms with E-state index in [4.69, 9.17) is 9.72 Å². The Labute approximate surface area is 232 Å². The Kier molecular flexibility index (Phi) is 7.17. The molecule has 3 amide bonds. The minimum Gasteiger partial charge on any atom is -0.444 e. The van der Waals surface area contributed by atoms with Gasteiger partial charge in [-0.2, -0.15) is 13.2 Å². The average molecular weight is 573 g/mol. The predicted molar refractivity (Wildman–Crippen MR) is 145 cm³/mol. The van der Waals surface area contributed by atoms with Crippen molar-refractivity contribution in [2.45, 2.75) is 45.5 Å². The highest BCUT2D eigenvalue weighted by Gasteiger charge is 2.29. The highest BCUT2D eigenvalue weighted by Crippen LogP contribution is 2.33. The Morgan fingerprint density at radius 3 is 2.67 bits per heavy atom. The zero-order valence-electron chi connectivity index (χ0n) is 22.0. The van der Waals surface area contributed by atoms with Crippen LogP contribution in [0.15, 0.2) is 48.8 Å². The first-order valence-electron chi connectivity index (χ1n) is 12.5. The Balaban J connectivity index is 1.32. The molecule has 1 aromatic carbocycles. The van der Waals surface area contributed by atoms with Crippen molar-refractivity contribution >= 4 is 34.8 Å². The molecule has 13 heteroatoms. The second-order valence-electron chi connectivity index (χ2n) is 10.3. The number of nitrogens with zero attached hydrogens (tertiary/aromatic N) is 4. The number of anilines is 1. The van der Waals surface area contributed by atoms with Gasteiger partial charge in [-0.05, 0) is 45.0 Å². The lowest BCUT2D eigenvalue weighted by atomic mass is 10.1. The van der Waals surface area contributed by atoms with Gasteiger partial charge in [-0.15, -0.1) is 11.3 Å². The molecule has 40 heavy (non-hydrogen) atoms. The normalized spacial score (nSPS) is 13.7. The summed E-state index contributed by atoms with van der Waals surface area (Å²) < 4.78 is 44.5. The molecule has 0 fully saturated rings. The Bertz CT molecular complexity index is 1570. The number of nitrogens with one attached hydrogen (secondary N) is 2. The monoisotopic (exact) mass is 572 g/mol. The van der Waals surface area contributed by atoms with Crippen molar-refractivity contribution in [1.82, 2.24) is 24.6 Å². The number of alkyl halides is 3. The molecular weight excluding hydrogens is 545 g/mol. The van der Waals surface area contributed by atoms with Crippen molar-refractivity contribution in [3.05, 3.63) is 59.4 Å². The van der Waals surface area contributed by atoms with Crippen molar-refractivity contribution in [2.24, 2.45) is 0 Å². The minimum atomic E-state index is -4.49. The summed E-state index contributed by atoms with van der Waals surface area (Å²) in [5.74, 6) is 0. The molecule has 5 rings (SSSR count). The lowest BCUT2D eigenvalue weighted by Crippen LogP contribution is -2.39. The second kappa shape index (κ2) is 10.5. The number of hydrogen-bond acceptors (Lipinski definition) is 6. The molecule has 1 aliphatic rings. The van der Waals surface area contributed by atoms with Gasteiger partial charge < -0.3 is 20.3 Å². The third-order valence-electron chi connectivity index (χ3n) is 6.01. The number of imidazole rings is 1. The average Bonchev–Trinajstić information content (AvgIpc) is 3.49. The number of carbonyl (C=O) groups is 2. The molecule has 210 valence electrons. The van der Waals surface area contributed by atoms with Crippen LogP contribution in [0, 0.1) is 0 Å². The summed E-state index contributed by atoms with van der Waals surface area (Å²) in [4.78, 5) is 36.4.